The van der Waals surface area contributed by atoms with E-state index in [1.165, 1.54) is 12.8 Å². The molecule has 2 unspecified atom stereocenters. The van der Waals surface area contributed by atoms with Crippen molar-refractivity contribution in [3.63, 3.8) is 0 Å². The molecule has 2 heterocycles. The molecule has 0 radical (unpaired) electrons. The van der Waals surface area contributed by atoms with Crippen molar-refractivity contribution in [1.82, 2.24) is 5.32 Å². The molecule has 0 spiro atoms. The molecule has 0 aromatic carbocycles. The predicted octanol–water partition coefficient (Wildman–Crippen LogP) is 1.84. The average molecular weight is 227 g/mol. The van der Waals surface area contributed by atoms with Gasteiger partial charge >= 0.3 is 0 Å². The summed E-state index contributed by atoms with van der Waals surface area (Å²) in [6, 6.07) is 0.179. The van der Waals surface area contributed by atoms with E-state index in [0.717, 1.165) is 13.0 Å². The smallest absolute Gasteiger partial charge is 0.111 e. The third kappa shape index (κ3) is 1.89. The zero-order valence-corrected chi connectivity index (χ0v) is 11.0. The highest BCUT2D eigenvalue weighted by atomic mass is 16.5. The highest BCUT2D eigenvalue weighted by molar-refractivity contribution is 5.12. The van der Waals surface area contributed by atoms with Crippen molar-refractivity contribution in [2.24, 2.45) is 0 Å². The first kappa shape index (κ1) is 12.3. The van der Waals surface area contributed by atoms with E-state index in [1.54, 1.807) is 0 Å². The molecule has 2 fully saturated rings. The molecule has 94 valence electrons. The minimum atomic E-state index is -0.739. The molecular weight excluding hydrogens is 202 g/mol. The van der Waals surface area contributed by atoms with Gasteiger partial charge in [-0.1, -0.05) is 6.42 Å². The lowest BCUT2D eigenvalue weighted by Gasteiger charge is -2.43. The Morgan fingerprint density at radius 3 is 2.31 bits per heavy atom. The van der Waals surface area contributed by atoms with Crippen LogP contribution in [-0.2, 0) is 4.74 Å². The molecule has 2 aliphatic rings. The van der Waals surface area contributed by atoms with Crippen molar-refractivity contribution in [1.29, 1.82) is 0 Å². The Labute approximate surface area is 98.6 Å². The Bertz CT molecular complexity index is 269. The maximum Gasteiger partial charge on any atom is 0.111 e. The first-order chi connectivity index (χ1) is 7.27. The molecule has 2 aliphatic heterocycles. The molecule has 0 amide bonds. The summed E-state index contributed by atoms with van der Waals surface area (Å²) in [4.78, 5) is 0. The quantitative estimate of drug-likeness (QED) is 0.718. The Kier molecular flexibility index (Phi) is 2.84. The summed E-state index contributed by atoms with van der Waals surface area (Å²) >= 11 is 0. The van der Waals surface area contributed by atoms with Crippen molar-refractivity contribution >= 4 is 0 Å². The summed E-state index contributed by atoms with van der Waals surface area (Å²) in [5.74, 6) is 0. The van der Waals surface area contributed by atoms with Crippen LogP contribution in [0.4, 0.5) is 0 Å². The number of nitrogens with one attached hydrogen (secondary N) is 1. The number of hydrogen-bond donors (Lipinski definition) is 2. The molecule has 3 nitrogen and oxygen atoms in total. The monoisotopic (exact) mass is 227 g/mol. The standard InChI is InChI=1S/C13H25NO2/c1-11(2)9-13(15,12(3,4)16-11)10-7-5-6-8-14-10/h10,14-15H,5-9H2,1-4H3. The van der Waals surface area contributed by atoms with Crippen molar-refractivity contribution < 1.29 is 9.84 Å². The van der Waals surface area contributed by atoms with Crippen LogP contribution in [0.5, 0.6) is 0 Å². The van der Waals surface area contributed by atoms with Gasteiger partial charge in [0.25, 0.3) is 0 Å². The molecule has 3 heteroatoms. The van der Waals surface area contributed by atoms with Crippen molar-refractivity contribution in [3.8, 4) is 0 Å². The zero-order chi connectivity index (χ0) is 12.0. The zero-order valence-electron chi connectivity index (χ0n) is 11.0. The van der Waals surface area contributed by atoms with Crippen molar-refractivity contribution in [2.75, 3.05) is 6.54 Å². The minimum absolute atomic E-state index is 0.179. The van der Waals surface area contributed by atoms with Crippen LogP contribution in [0.2, 0.25) is 0 Å². The lowest BCUT2D eigenvalue weighted by molar-refractivity contribution is -0.140. The highest BCUT2D eigenvalue weighted by Gasteiger charge is 2.59. The van der Waals surface area contributed by atoms with Gasteiger partial charge in [-0.25, -0.2) is 0 Å². The Hall–Kier alpha value is -0.120. The van der Waals surface area contributed by atoms with Gasteiger partial charge in [0.05, 0.1) is 11.2 Å². The molecule has 0 bridgehead atoms. The molecule has 2 rings (SSSR count). The first-order valence-electron chi connectivity index (χ1n) is 6.43. The second-order valence-corrected chi connectivity index (χ2v) is 6.48. The molecule has 0 aromatic heterocycles. The fourth-order valence-corrected chi connectivity index (χ4v) is 3.48. The van der Waals surface area contributed by atoms with Crippen LogP contribution >= 0.6 is 0 Å². The van der Waals surface area contributed by atoms with Gasteiger partial charge in [-0.3, -0.25) is 0 Å². The number of piperidine rings is 1. The van der Waals surface area contributed by atoms with E-state index in [4.69, 9.17) is 4.74 Å². The van der Waals surface area contributed by atoms with Gasteiger partial charge in [0.2, 0.25) is 0 Å². The summed E-state index contributed by atoms with van der Waals surface area (Å²) in [6.07, 6.45) is 4.19. The summed E-state index contributed by atoms with van der Waals surface area (Å²) in [5.41, 5.74) is -1.43. The largest absolute Gasteiger partial charge is 0.385 e. The highest BCUT2D eigenvalue weighted by Crippen LogP contribution is 2.47. The van der Waals surface area contributed by atoms with Gasteiger partial charge in [-0.2, -0.15) is 0 Å². The van der Waals surface area contributed by atoms with E-state index in [1.807, 2.05) is 13.8 Å². The van der Waals surface area contributed by atoms with Gasteiger partial charge in [0, 0.05) is 12.5 Å². The first-order valence-corrected chi connectivity index (χ1v) is 6.43. The number of hydrogen-bond acceptors (Lipinski definition) is 3. The molecule has 0 aromatic rings. The molecule has 2 saturated heterocycles. The molecule has 0 saturated carbocycles. The third-order valence-corrected chi connectivity index (χ3v) is 4.16. The van der Waals surface area contributed by atoms with E-state index >= 15 is 0 Å². The van der Waals surface area contributed by atoms with E-state index in [0.29, 0.717) is 6.42 Å². The Balaban J connectivity index is 2.22. The second kappa shape index (κ2) is 3.69. The number of aliphatic hydroxyl groups is 1. The molecule has 0 aliphatic carbocycles. The average Bonchev–Trinajstić information content (AvgIpc) is 2.33. The van der Waals surface area contributed by atoms with Crippen LogP contribution in [0, 0.1) is 0 Å². The minimum Gasteiger partial charge on any atom is -0.385 e. The van der Waals surface area contributed by atoms with Crippen LogP contribution in [0.1, 0.15) is 53.4 Å². The van der Waals surface area contributed by atoms with Gasteiger partial charge in [-0.05, 0) is 47.1 Å². The van der Waals surface area contributed by atoms with Crippen molar-refractivity contribution in [3.05, 3.63) is 0 Å². The van der Waals surface area contributed by atoms with E-state index in [2.05, 4.69) is 19.2 Å². The Morgan fingerprint density at radius 2 is 1.88 bits per heavy atom. The summed E-state index contributed by atoms with van der Waals surface area (Å²) in [6.45, 7) is 9.17. The van der Waals surface area contributed by atoms with E-state index < -0.39 is 11.2 Å². The normalized spacial score (nSPS) is 42.2. The van der Waals surface area contributed by atoms with E-state index in [-0.39, 0.29) is 11.6 Å². The van der Waals surface area contributed by atoms with Crippen LogP contribution < -0.4 is 5.32 Å². The van der Waals surface area contributed by atoms with Gasteiger partial charge in [0.15, 0.2) is 0 Å². The predicted molar refractivity (Wildman–Crippen MR) is 64.5 cm³/mol. The third-order valence-electron chi connectivity index (χ3n) is 4.16. The summed E-state index contributed by atoms with van der Waals surface area (Å²) in [5, 5.41) is 14.5. The summed E-state index contributed by atoms with van der Waals surface area (Å²) in [7, 11) is 0. The van der Waals surface area contributed by atoms with E-state index in [9.17, 15) is 5.11 Å². The molecule has 16 heavy (non-hydrogen) atoms. The fourth-order valence-electron chi connectivity index (χ4n) is 3.48. The van der Waals surface area contributed by atoms with Crippen LogP contribution in [-0.4, -0.2) is 34.5 Å². The van der Waals surface area contributed by atoms with Gasteiger partial charge in [-0.15, -0.1) is 0 Å². The van der Waals surface area contributed by atoms with Gasteiger partial charge < -0.3 is 15.2 Å². The second-order valence-electron chi connectivity index (χ2n) is 6.48. The maximum atomic E-state index is 11.0. The SMILES string of the molecule is CC1(C)CC(O)(C2CCCCN2)C(C)(C)O1. The lowest BCUT2D eigenvalue weighted by Crippen LogP contribution is -2.61. The summed E-state index contributed by atoms with van der Waals surface area (Å²) < 4.78 is 6.01. The number of ether oxygens (including phenoxy) is 1. The lowest BCUT2D eigenvalue weighted by atomic mass is 9.74. The van der Waals surface area contributed by atoms with Crippen LogP contribution in [0.25, 0.3) is 0 Å². The van der Waals surface area contributed by atoms with Crippen molar-refractivity contribution in [2.45, 2.75) is 76.2 Å². The molecule has 2 atom stereocenters. The maximum absolute atomic E-state index is 11.0. The van der Waals surface area contributed by atoms with Gasteiger partial charge in [0.1, 0.15) is 5.60 Å². The molecular formula is C13H25NO2. The number of rotatable bonds is 1. The fraction of sp³-hybridized carbons (Fsp3) is 1.00. The van der Waals surface area contributed by atoms with Crippen LogP contribution in [0.3, 0.4) is 0 Å². The topological polar surface area (TPSA) is 41.5 Å². The van der Waals surface area contributed by atoms with Crippen LogP contribution in [0.15, 0.2) is 0 Å². The molecule has 2 N–H and O–H groups in total. The Morgan fingerprint density at radius 1 is 1.19 bits per heavy atom.